The summed E-state index contributed by atoms with van der Waals surface area (Å²) in [5.41, 5.74) is 0.886. The third kappa shape index (κ3) is 3.14. The standard InChI is InChI=1S/C18H18N4O3/c23-17-15-11-21(10-14-7-4-8-25-14)12-19-16(15)22(18(24)20-17)9-13-5-2-1-3-6-13/h1-8,19H,9-12H2,(H,20,23,24)/p+1. The number of anilines is 1. The fourth-order valence-corrected chi connectivity index (χ4v) is 3.20. The highest BCUT2D eigenvalue weighted by atomic mass is 16.3. The Morgan fingerprint density at radius 3 is 2.72 bits per heavy atom. The number of hydrogen-bond acceptors (Lipinski definition) is 4. The van der Waals surface area contributed by atoms with Crippen LogP contribution in [0.2, 0.25) is 0 Å². The van der Waals surface area contributed by atoms with E-state index in [4.69, 9.17) is 4.42 Å². The molecule has 0 aliphatic carbocycles. The van der Waals surface area contributed by atoms with Crippen molar-refractivity contribution < 1.29 is 9.32 Å². The summed E-state index contributed by atoms with van der Waals surface area (Å²) in [5.74, 6) is 1.48. The van der Waals surface area contributed by atoms with Gasteiger partial charge in [0.2, 0.25) is 0 Å². The molecule has 1 aliphatic rings. The minimum atomic E-state index is -0.394. The van der Waals surface area contributed by atoms with E-state index in [1.54, 1.807) is 10.8 Å². The minimum Gasteiger partial charge on any atom is -0.463 e. The SMILES string of the molecule is O=c1[nH]c(=O)n(Cc2ccccc2)c2c1C[NH+](Cc1ccco1)CN2. The number of nitrogens with one attached hydrogen (secondary N) is 3. The van der Waals surface area contributed by atoms with Gasteiger partial charge in [0.15, 0.2) is 12.4 Å². The summed E-state index contributed by atoms with van der Waals surface area (Å²) in [6.45, 7) is 2.24. The van der Waals surface area contributed by atoms with Crippen LogP contribution < -0.4 is 21.5 Å². The first-order valence-corrected chi connectivity index (χ1v) is 8.20. The molecule has 0 spiro atoms. The van der Waals surface area contributed by atoms with Crippen molar-refractivity contribution in [3.8, 4) is 0 Å². The third-order valence-corrected chi connectivity index (χ3v) is 4.42. The van der Waals surface area contributed by atoms with E-state index in [2.05, 4.69) is 10.3 Å². The fraction of sp³-hybridized carbons (Fsp3) is 0.222. The van der Waals surface area contributed by atoms with E-state index < -0.39 is 5.69 Å². The maximum Gasteiger partial charge on any atom is 0.330 e. The predicted molar refractivity (Wildman–Crippen MR) is 92.4 cm³/mol. The van der Waals surface area contributed by atoms with Gasteiger partial charge in [-0.05, 0) is 17.7 Å². The molecule has 0 radical (unpaired) electrons. The molecule has 25 heavy (non-hydrogen) atoms. The quantitative estimate of drug-likeness (QED) is 0.632. The van der Waals surface area contributed by atoms with E-state index in [9.17, 15) is 9.59 Å². The zero-order chi connectivity index (χ0) is 17.2. The van der Waals surface area contributed by atoms with Crippen molar-refractivity contribution in [2.45, 2.75) is 19.6 Å². The number of hydrogen-bond donors (Lipinski definition) is 3. The average Bonchev–Trinajstić information content (AvgIpc) is 3.13. The summed E-state index contributed by atoms with van der Waals surface area (Å²) in [6.07, 6.45) is 1.64. The Bertz CT molecular complexity index is 974. The molecule has 1 unspecified atom stereocenters. The van der Waals surface area contributed by atoms with Gasteiger partial charge in [-0.3, -0.25) is 14.3 Å². The van der Waals surface area contributed by atoms with Crippen molar-refractivity contribution in [2.24, 2.45) is 0 Å². The number of quaternary nitrogens is 1. The van der Waals surface area contributed by atoms with Gasteiger partial charge in [0.25, 0.3) is 5.56 Å². The van der Waals surface area contributed by atoms with Gasteiger partial charge in [-0.2, -0.15) is 0 Å². The molecule has 0 fully saturated rings. The van der Waals surface area contributed by atoms with Crippen molar-refractivity contribution >= 4 is 5.82 Å². The number of rotatable bonds is 4. The molecule has 2 aromatic heterocycles. The van der Waals surface area contributed by atoms with Crippen molar-refractivity contribution in [1.29, 1.82) is 0 Å². The average molecular weight is 339 g/mol. The Morgan fingerprint density at radius 2 is 1.96 bits per heavy atom. The summed E-state index contributed by atoms with van der Waals surface area (Å²) >= 11 is 0. The molecule has 0 saturated heterocycles. The second-order valence-electron chi connectivity index (χ2n) is 6.19. The normalized spacial score (nSPS) is 16.2. The van der Waals surface area contributed by atoms with Crippen LogP contribution in [-0.4, -0.2) is 16.2 Å². The van der Waals surface area contributed by atoms with Gasteiger partial charge in [-0.25, -0.2) is 4.79 Å². The molecule has 3 heterocycles. The van der Waals surface area contributed by atoms with E-state index in [0.29, 0.717) is 37.7 Å². The van der Waals surface area contributed by atoms with Crippen molar-refractivity contribution in [3.05, 3.63) is 86.5 Å². The van der Waals surface area contributed by atoms with Crippen LogP contribution in [0.1, 0.15) is 16.9 Å². The van der Waals surface area contributed by atoms with E-state index in [1.807, 2.05) is 42.5 Å². The van der Waals surface area contributed by atoms with Gasteiger partial charge >= 0.3 is 5.69 Å². The molecule has 3 aromatic rings. The number of nitrogens with zero attached hydrogens (tertiary/aromatic N) is 1. The lowest BCUT2D eigenvalue weighted by Crippen LogP contribution is -3.11. The number of benzene rings is 1. The van der Waals surface area contributed by atoms with Gasteiger partial charge < -0.3 is 14.6 Å². The molecule has 0 saturated carbocycles. The van der Waals surface area contributed by atoms with Crippen LogP contribution >= 0.6 is 0 Å². The van der Waals surface area contributed by atoms with Crippen LogP contribution in [0, 0.1) is 0 Å². The van der Waals surface area contributed by atoms with E-state index in [-0.39, 0.29) is 5.56 Å². The van der Waals surface area contributed by atoms with E-state index in [0.717, 1.165) is 16.2 Å². The zero-order valence-corrected chi connectivity index (χ0v) is 13.6. The summed E-state index contributed by atoms with van der Waals surface area (Å²) in [6, 6.07) is 13.5. The highest BCUT2D eigenvalue weighted by Crippen LogP contribution is 2.13. The summed E-state index contributed by atoms with van der Waals surface area (Å²) in [4.78, 5) is 28.2. The first kappa shape index (κ1) is 15.5. The van der Waals surface area contributed by atoms with Gasteiger partial charge in [0.05, 0.1) is 12.8 Å². The predicted octanol–water partition coefficient (Wildman–Crippen LogP) is 0.146. The van der Waals surface area contributed by atoms with Crippen LogP contribution in [0.4, 0.5) is 5.82 Å². The highest BCUT2D eigenvalue weighted by molar-refractivity contribution is 5.44. The first-order valence-electron chi connectivity index (χ1n) is 8.20. The number of H-pyrrole nitrogens is 1. The lowest BCUT2D eigenvalue weighted by atomic mass is 10.2. The number of aromatic nitrogens is 2. The van der Waals surface area contributed by atoms with Crippen LogP contribution in [0.25, 0.3) is 0 Å². The molecule has 1 aliphatic heterocycles. The number of furan rings is 1. The minimum absolute atomic E-state index is 0.326. The second kappa shape index (κ2) is 6.45. The van der Waals surface area contributed by atoms with Crippen molar-refractivity contribution in [1.82, 2.24) is 9.55 Å². The molecule has 128 valence electrons. The van der Waals surface area contributed by atoms with Gasteiger partial charge in [-0.1, -0.05) is 30.3 Å². The molecular formula is C18H19N4O3+. The molecule has 3 N–H and O–H groups in total. The van der Waals surface area contributed by atoms with Crippen LogP contribution in [0.3, 0.4) is 0 Å². The molecule has 4 rings (SSSR count). The summed E-state index contributed by atoms with van der Waals surface area (Å²) < 4.78 is 6.98. The Kier molecular flexibility index (Phi) is 3.99. The lowest BCUT2D eigenvalue weighted by Gasteiger charge is -2.27. The first-order chi connectivity index (χ1) is 12.2. The van der Waals surface area contributed by atoms with Crippen molar-refractivity contribution in [3.63, 3.8) is 0 Å². The van der Waals surface area contributed by atoms with Crippen LogP contribution in [0.5, 0.6) is 0 Å². The second-order valence-corrected chi connectivity index (χ2v) is 6.19. The molecule has 1 atom stereocenters. The van der Waals surface area contributed by atoms with Gasteiger partial charge in [0, 0.05) is 0 Å². The molecule has 7 nitrogen and oxygen atoms in total. The monoisotopic (exact) mass is 339 g/mol. The fourth-order valence-electron chi connectivity index (χ4n) is 3.20. The Hall–Kier alpha value is -3.06. The van der Waals surface area contributed by atoms with Gasteiger partial charge in [0.1, 0.15) is 24.5 Å². The maximum atomic E-state index is 12.3. The lowest BCUT2D eigenvalue weighted by molar-refractivity contribution is -0.926. The Labute approximate surface area is 143 Å². The highest BCUT2D eigenvalue weighted by Gasteiger charge is 2.26. The third-order valence-electron chi connectivity index (χ3n) is 4.42. The molecule has 0 bridgehead atoms. The largest absolute Gasteiger partial charge is 0.463 e. The zero-order valence-electron chi connectivity index (χ0n) is 13.6. The summed E-state index contributed by atoms with van der Waals surface area (Å²) in [5, 5.41) is 3.26. The van der Waals surface area contributed by atoms with Crippen LogP contribution in [0.15, 0.2) is 62.7 Å². The number of fused-ring (bicyclic) bond motifs is 1. The summed E-state index contributed by atoms with van der Waals surface area (Å²) in [7, 11) is 0. The van der Waals surface area contributed by atoms with E-state index in [1.165, 1.54) is 0 Å². The maximum absolute atomic E-state index is 12.3. The van der Waals surface area contributed by atoms with E-state index >= 15 is 0 Å². The van der Waals surface area contributed by atoms with Crippen molar-refractivity contribution in [2.75, 3.05) is 12.0 Å². The Balaban J connectivity index is 1.65. The number of aromatic amines is 1. The topological polar surface area (TPSA) is 84.5 Å². The molecular weight excluding hydrogens is 320 g/mol. The molecule has 1 aromatic carbocycles. The van der Waals surface area contributed by atoms with Gasteiger partial charge in [-0.15, -0.1) is 0 Å². The van der Waals surface area contributed by atoms with Crippen LogP contribution in [-0.2, 0) is 19.6 Å². The molecule has 7 heteroatoms. The smallest absolute Gasteiger partial charge is 0.330 e. The molecule has 0 amide bonds. The Morgan fingerprint density at radius 1 is 1.12 bits per heavy atom.